The molecule has 3 atom stereocenters. The van der Waals surface area contributed by atoms with Gasteiger partial charge in [0.2, 0.25) is 11.9 Å². The number of benzene rings is 1. The van der Waals surface area contributed by atoms with Crippen molar-refractivity contribution >= 4 is 50.8 Å². The van der Waals surface area contributed by atoms with Gasteiger partial charge in [0.1, 0.15) is 10.6 Å². The Morgan fingerprint density at radius 1 is 1.12 bits per heavy atom. The van der Waals surface area contributed by atoms with Crippen LogP contribution >= 0.6 is 22.9 Å². The topological polar surface area (TPSA) is 95.6 Å². The van der Waals surface area contributed by atoms with E-state index in [1.54, 1.807) is 11.3 Å². The molecule has 5 heterocycles. The Morgan fingerprint density at radius 2 is 1.88 bits per heavy atom. The number of hydrogen-bond donors (Lipinski definition) is 2. The van der Waals surface area contributed by atoms with E-state index in [1.807, 2.05) is 24.3 Å². The van der Waals surface area contributed by atoms with Crippen molar-refractivity contribution in [1.29, 1.82) is 0 Å². The zero-order valence-corrected chi connectivity index (χ0v) is 19.7. The maximum absolute atomic E-state index is 11.9. The second-order valence-electron chi connectivity index (χ2n) is 9.41. The number of carbonyl (C=O) groups is 1. The van der Waals surface area contributed by atoms with Gasteiger partial charge >= 0.3 is 0 Å². The van der Waals surface area contributed by atoms with Crippen LogP contribution in [0.4, 0.5) is 11.8 Å². The van der Waals surface area contributed by atoms with Crippen LogP contribution in [0.2, 0.25) is 5.02 Å². The summed E-state index contributed by atoms with van der Waals surface area (Å²) in [5, 5.41) is 14.0. The maximum Gasteiger partial charge on any atom is 0.229 e. The number of aromatic nitrogens is 2. The predicted molar refractivity (Wildman–Crippen MR) is 132 cm³/mol. The lowest BCUT2D eigenvalue weighted by Crippen LogP contribution is -2.45. The van der Waals surface area contributed by atoms with Crippen LogP contribution in [0.25, 0.3) is 21.3 Å². The Labute approximate surface area is 201 Å². The molecule has 6 rings (SSSR count). The molecule has 0 radical (unpaired) electrons. The van der Waals surface area contributed by atoms with Crippen molar-refractivity contribution < 1.29 is 9.90 Å². The van der Waals surface area contributed by atoms with Crippen LogP contribution in [-0.4, -0.2) is 52.3 Å². The van der Waals surface area contributed by atoms with Crippen LogP contribution in [0.15, 0.2) is 29.6 Å². The van der Waals surface area contributed by atoms with Crippen molar-refractivity contribution in [3.8, 4) is 11.1 Å². The van der Waals surface area contributed by atoms with Gasteiger partial charge in [-0.3, -0.25) is 4.79 Å². The highest BCUT2D eigenvalue weighted by Gasteiger charge is 2.42. The van der Waals surface area contributed by atoms with Crippen LogP contribution in [-0.2, 0) is 4.79 Å². The number of piperidine rings is 1. The van der Waals surface area contributed by atoms with Gasteiger partial charge in [-0.1, -0.05) is 29.8 Å². The molecule has 3 aliphatic rings. The molecule has 3 aromatic rings. The summed E-state index contributed by atoms with van der Waals surface area (Å²) in [7, 11) is 0. The summed E-state index contributed by atoms with van der Waals surface area (Å²) in [5.41, 5.74) is 7.60. The zero-order chi connectivity index (χ0) is 22.7. The van der Waals surface area contributed by atoms with Gasteiger partial charge in [0.25, 0.3) is 0 Å². The predicted octanol–water partition coefficient (Wildman–Crippen LogP) is 3.82. The molecular formula is C24H26ClN5O2S. The van der Waals surface area contributed by atoms with Crippen LogP contribution < -0.4 is 15.5 Å². The molecule has 2 aromatic heterocycles. The molecule has 3 N–H and O–H groups in total. The normalized spacial score (nSPS) is 27.0. The fourth-order valence-corrected chi connectivity index (χ4v) is 6.96. The van der Waals surface area contributed by atoms with Crippen LogP contribution in [0, 0.1) is 5.92 Å². The Kier molecular flexibility index (Phi) is 5.19. The van der Waals surface area contributed by atoms with E-state index in [4.69, 9.17) is 27.3 Å². The number of aliphatic hydroxyl groups is 1. The number of primary amides is 1. The van der Waals surface area contributed by atoms with Crippen molar-refractivity contribution in [3.63, 3.8) is 0 Å². The average molecular weight is 484 g/mol. The van der Waals surface area contributed by atoms with Crippen molar-refractivity contribution in [3.05, 3.63) is 34.7 Å². The SMILES string of the molecule is NC(=O)C1CCN(c2nc(N3C4CCC3CC(O)C4)nc3scc(-c4ccccc4Cl)c23)C1. The van der Waals surface area contributed by atoms with Gasteiger partial charge in [0, 0.05) is 46.7 Å². The lowest BCUT2D eigenvalue weighted by atomic mass is 10.0. The molecule has 172 valence electrons. The number of nitrogens with two attached hydrogens (primary N) is 1. The number of anilines is 2. The molecule has 3 saturated heterocycles. The van der Waals surface area contributed by atoms with E-state index in [2.05, 4.69) is 15.2 Å². The second-order valence-corrected chi connectivity index (χ2v) is 10.7. The van der Waals surface area contributed by atoms with Gasteiger partial charge in [0.05, 0.1) is 17.4 Å². The van der Waals surface area contributed by atoms with Gasteiger partial charge in [-0.05, 0) is 38.2 Å². The summed E-state index contributed by atoms with van der Waals surface area (Å²) < 4.78 is 0. The number of fused-ring (bicyclic) bond motifs is 3. The minimum atomic E-state index is -0.261. The fourth-order valence-electron chi connectivity index (χ4n) is 5.79. The molecule has 1 amide bonds. The Morgan fingerprint density at radius 3 is 2.58 bits per heavy atom. The average Bonchev–Trinajstić information content (AvgIpc) is 3.50. The molecule has 3 unspecified atom stereocenters. The van der Waals surface area contributed by atoms with Gasteiger partial charge in [-0.25, -0.2) is 4.98 Å². The minimum Gasteiger partial charge on any atom is -0.393 e. The molecule has 3 fully saturated rings. The number of aliphatic hydroxyl groups excluding tert-OH is 1. The smallest absolute Gasteiger partial charge is 0.229 e. The highest BCUT2D eigenvalue weighted by molar-refractivity contribution is 7.17. The third-order valence-corrected chi connectivity index (χ3v) is 8.60. The lowest BCUT2D eigenvalue weighted by Gasteiger charge is -2.37. The Bertz CT molecular complexity index is 1220. The number of thiophene rings is 1. The molecule has 1 aromatic carbocycles. The molecular weight excluding hydrogens is 458 g/mol. The molecule has 7 nitrogen and oxygen atoms in total. The van der Waals surface area contributed by atoms with Gasteiger partial charge in [-0.15, -0.1) is 11.3 Å². The second kappa shape index (κ2) is 8.11. The van der Waals surface area contributed by atoms with Crippen LogP contribution in [0.1, 0.15) is 32.1 Å². The fraction of sp³-hybridized carbons (Fsp3) is 0.458. The first kappa shape index (κ1) is 21.1. The molecule has 0 spiro atoms. The first-order chi connectivity index (χ1) is 16.0. The number of rotatable bonds is 4. The molecule has 3 aliphatic heterocycles. The van der Waals surface area contributed by atoms with E-state index < -0.39 is 0 Å². The highest BCUT2D eigenvalue weighted by atomic mass is 35.5. The largest absolute Gasteiger partial charge is 0.393 e. The Balaban J connectivity index is 1.50. The van der Waals surface area contributed by atoms with Gasteiger partial charge < -0.3 is 20.6 Å². The van der Waals surface area contributed by atoms with E-state index in [-0.39, 0.29) is 30.0 Å². The van der Waals surface area contributed by atoms with E-state index in [1.165, 1.54) is 0 Å². The number of hydrogen-bond acceptors (Lipinski definition) is 7. The van der Waals surface area contributed by atoms with E-state index in [0.717, 1.165) is 71.8 Å². The summed E-state index contributed by atoms with van der Waals surface area (Å²) >= 11 is 8.16. The summed E-state index contributed by atoms with van der Waals surface area (Å²) in [5.74, 6) is 1.14. The van der Waals surface area contributed by atoms with E-state index in [9.17, 15) is 9.90 Å². The van der Waals surface area contributed by atoms with Crippen LogP contribution in [0.5, 0.6) is 0 Å². The van der Waals surface area contributed by atoms with E-state index in [0.29, 0.717) is 11.6 Å². The summed E-state index contributed by atoms with van der Waals surface area (Å²) in [6, 6.07) is 8.35. The number of nitrogens with zero attached hydrogens (tertiary/aromatic N) is 4. The monoisotopic (exact) mass is 483 g/mol. The first-order valence-corrected chi connectivity index (χ1v) is 12.8. The quantitative estimate of drug-likeness (QED) is 0.585. The third kappa shape index (κ3) is 3.55. The lowest BCUT2D eigenvalue weighted by molar-refractivity contribution is -0.121. The van der Waals surface area contributed by atoms with E-state index >= 15 is 0 Å². The zero-order valence-electron chi connectivity index (χ0n) is 18.2. The number of halogens is 1. The van der Waals surface area contributed by atoms with Gasteiger partial charge in [0.15, 0.2) is 0 Å². The van der Waals surface area contributed by atoms with Crippen molar-refractivity contribution in [2.75, 3.05) is 22.9 Å². The number of carbonyl (C=O) groups excluding carboxylic acids is 1. The van der Waals surface area contributed by atoms with Crippen molar-refractivity contribution in [1.82, 2.24) is 9.97 Å². The summed E-state index contributed by atoms with van der Waals surface area (Å²) in [6.45, 7) is 1.28. The summed E-state index contributed by atoms with van der Waals surface area (Å²) in [6.07, 6.45) is 4.11. The number of amides is 1. The molecule has 33 heavy (non-hydrogen) atoms. The van der Waals surface area contributed by atoms with Gasteiger partial charge in [-0.2, -0.15) is 4.98 Å². The summed E-state index contributed by atoms with van der Waals surface area (Å²) in [4.78, 5) is 27.4. The van der Waals surface area contributed by atoms with Crippen LogP contribution in [0.3, 0.4) is 0 Å². The highest BCUT2D eigenvalue weighted by Crippen LogP contribution is 2.45. The third-order valence-electron chi connectivity index (χ3n) is 7.40. The first-order valence-electron chi connectivity index (χ1n) is 11.5. The molecule has 9 heteroatoms. The minimum absolute atomic E-state index is 0.179. The van der Waals surface area contributed by atoms with Crippen molar-refractivity contribution in [2.45, 2.75) is 50.3 Å². The van der Waals surface area contributed by atoms with Crippen molar-refractivity contribution in [2.24, 2.45) is 11.7 Å². The maximum atomic E-state index is 11.9. The molecule has 2 bridgehead atoms. The molecule has 0 aliphatic carbocycles. The molecule has 0 saturated carbocycles. The standard InChI is InChI=1S/C24H26ClN5O2S/c25-19-4-2-1-3-17(19)18-12-33-23-20(18)22(29-8-7-13(11-29)21(26)32)27-24(28-23)30-14-5-6-15(30)10-16(31)9-14/h1-4,12-16,31H,5-11H2,(H2,26,32). The Hall–Kier alpha value is -2.42.